The van der Waals surface area contributed by atoms with Crippen LogP contribution in [0.3, 0.4) is 0 Å². The van der Waals surface area contributed by atoms with Crippen LogP contribution in [0.25, 0.3) is 0 Å². The molecule has 0 aromatic heterocycles. The molecule has 0 heterocycles. The van der Waals surface area contributed by atoms with E-state index in [4.69, 9.17) is 5.73 Å². The standard InChI is InChI=1S/C11H14F3N/c1-6(2)3-10(15)7-4-8(12)11(14)9(13)5-7/h4-6,10H,3,15H2,1-2H3/t10-/m1/s1. The lowest BCUT2D eigenvalue weighted by molar-refractivity contribution is 0.439. The zero-order valence-electron chi connectivity index (χ0n) is 8.73. The first kappa shape index (κ1) is 12.0. The van der Waals surface area contributed by atoms with Gasteiger partial charge in [0, 0.05) is 6.04 Å². The average Bonchev–Trinajstić information content (AvgIpc) is 2.12. The van der Waals surface area contributed by atoms with Gasteiger partial charge in [0.1, 0.15) is 0 Å². The molecule has 0 spiro atoms. The number of rotatable bonds is 3. The van der Waals surface area contributed by atoms with Crippen molar-refractivity contribution in [2.75, 3.05) is 0 Å². The van der Waals surface area contributed by atoms with E-state index < -0.39 is 23.5 Å². The molecule has 4 heteroatoms. The summed E-state index contributed by atoms with van der Waals surface area (Å²) in [6, 6.07) is 1.44. The van der Waals surface area contributed by atoms with Gasteiger partial charge in [-0.1, -0.05) is 13.8 Å². The molecule has 0 aliphatic heterocycles. The first-order valence-electron chi connectivity index (χ1n) is 4.81. The predicted molar refractivity (Wildman–Crippen MR) is 52.7 cm³/mol. The zero-order valence-corrected chi connectivity index (χ0v) is 8.73. The van der Waals surface area contributed by atoms with E-state index in [-0.39, 0.29) is 0 Å². The Kier molecular flexibility index (Phi) is 3.74. The fraction of sp³-hybridized carbons (Fsp3) is 0.455. The van der Waals surface area contributed by atoms with Crippen molar-refractivity contribution in [3.63, 3.8) is 0 Å². The Labute approximate surface area is 87.1 Å². The second kappa shape index (κ2) is 4.66. The number of hydrogen-bond acceptors (Lipinski definition) is 1. The molecular weight excluding hydrogens is 203 g/mol. The molecule has 0 fully saturated rings. The van der Waals surface area contributed by atoms with Crippen LogP contribution in [-0.4, -0.2) is 0 Å². The fourth-order valence-corrected chi connectivity index (χ4v) is 1.43. The van der Waals surface area contributed by atoms with Crippen LogP contribution in [0.5, 0.6) is 0 Å². The summed E-state index contributed by atoms with van der Waals surface area (Å²) in [4.78, 5) is 0. The lowest BCUT2D eigenvalue weighted by atomic mass is 9.97. The molecule has 1 atom stereocenters. The third-order valence-corrected chi connectivity index (χ3v) is 2.16. The molecule has 15 heavy (non-hydrogen) atoms. The van der Waals surface area contributed by atoms with Crippen molar-refractivity contribution < 1.29 is 13.2 Å². The lowest BCUT2D eigenvalue weighted by Gasteiger charge is -2.14. The van der Waals surface area contributed by atoms with E-state index in [0.717, 1.165) is 12.1 Å². The molecule has 0 amide bonds. The Morgan fingerprint density at radius 2 is 1.60 bits per heavy atom. The third-order valence-electron chi connectivity index (χ3n) is 2.16. The van der Waals surface area contributed by atoms with Gasteiger partial charge in [0.15, 0.2) is 17.5 Å². The van der Waals surface area contributed by atoms with Crippen molar-refractivity contribution in [1.82, 2.24) is 0 Å². The van der Waals surface area contributed by atoms with E-state index in [2.05, 4.69) is 0 Å². The maximum atomic E-state index is 12.9. The minimum absolute atomic E-state index is 0.292. The van der Waals surface area contributed by atoms with Gasteiger partial charge < -0.3 is 5.73 Å². The van der Waals surface area contributed by atoms with Gasteiger partial charge in [-0.3, -0.25) is 0 Å². The summed E-state index contributed by atoms with van der Waals surface area (Å²) >= 11 is 0. The van der Waals surface area contributed by atoms with Gasteiger partial charge in [-0.15, -0.1) is 0 Å². The SMILES string of the molecule is CC(C)C[C@@H](N)c1cc(F)c(F)c(F)c1. The molecule has 0 aliphatic rings. The molecule has 0 radical (unpaired) electrons. The summed E-state index contributed by atoms with van der Waals surface area (Å²) in [5.41, 5.74) is 6.02. The summed E-state index contributed by atoms with van der Waals surface area (Å²) in [7, 11) is 0. The number of nitrogens with two attached hydrogens (primary N) is 1. The first-order chi connectivity index (χ1) is 6.91. The molecule has 0 bridgehead atoms. The van der Waals surface area contributed by atoms with Crippen LogP contribution in [-0.2, 0) is 0 Å². The number of halogens is 3. The van der Waals surface area contributed by atoms with E-state index in [1.807, 2.05) is 13.8 Å². The minimum Gasteiger partial charge on any atom is -0.324 e. The second-order valence-electron chi connectivity index (χ2n) is 4.03. The van der Waals surface area contributed by atoms with Crippen LogP contribution in [0, 0.1) is 23.4 Å². The summed E-state index contributed by atoms with van der Waals surface area (Å²) < 4.78 is 38.4. The van der Waals surface area contributed by atoms with Crippen molar-refractivity contribution >= 4 is 0 Å². The van der Waals surface area contributed by atoms with E-state index in [9.17, 15) is 13.2 Å². The summed E-state index contributed by atoms with van der Waals surface area (Å²) in [6.45, 7) is 3.91. The highest BCUT2D eigenvalue weighted by Crippen LogP contribution is 2.22. The Bertz CT molecular complexity index is 327. The van der Waals surface area contributed by atoms with Crippen LogP contribution in [0.1, 0.15) is 31.9 Å². The molecule has 84 valence electrons. The average molecular weight is 217 g/mol. The molecule has 0 unspecified atom stereocenters. The topological polar surface area (TPSA) is 26.0 Å². The van der Waals surface area contributed by atoms with Crippen LogP contribution in [0.2, 0.25) is 0 Å². The second-order valence-corrected chi connectivity index (χ2v) is 4.03. The molecule has 2 N–H and O–H groups in total. The van der Waals surface area contributed by atoms with Crippen LogP contribution in [0.4, 0.5) is 13.2 Å². The Hall–Kier alpha value is -1.03. The van der Waals surface area contributed by atoms with Gasteiger partial charge in [0.2, 0.25) is 0 Å². The van der Waals surface area contributed by atoms with Crippen LogP contribution < -0.4 is 5.73 Å². The maximum absolute atomic E-state index is 12.9. The fourth-order valence-electron chi connectivity index (χ4n) is 1.43. The van der Waals surface area contributed by atoms with Gasteiger partial charge in [0.25, 0.3) is 0 Å². The molecule has 0 saturated heterocycles. The van der Waals surface area contributed by atoms with Gasteiger partial charge >= 0.3 is 0 Å². The Balaban J connectivity index is 2.95. The van der Waals surface area contributed by atoms with Gasteiger partial charge in [-0.2, -0.15) is 0 Å². The van der Waals surface area contributed by atoms with Crippen molar-refractivity contribution in [3.8, 4) is 0 Å². The third kappa shape index (κ3) is 2.96. The molecule has 1 rings (SSSR count). The monoisotopic (exact) mass is 217 g/mol. The highest BCUT2D eigenvalue weighted by Gasteiger charge is 2.15. The quantitative estimate of drug-likeness (QED) is 0.773. The van der Waals surface area contributed by atoms with Gasteiger partial charge in [0.05, 0.1) is 0 Å². The molecule has 0 saturated carbocycles. The highest BCUT2D eigenvalue weighted by atomic mass is 19.2. The normalized spacial score (nSPS) is 13.3. The Morgan fingerprint density at radius 1 is 1.13 bits per heavy atom. The largest absolute Gasteiger partial charge is 0.324 e. The van der Waals surface area contributed by atoms with Crippen LogP contribution in [0.15, 0.2) is 12.1 Å². The minimum atomic E-state index is -1.45. The molecule has 1 nitrogen and oxygen atoms in total. The predicted octanol–water partition coefficient (Wildman–Crippen LogP) is 3.15. The number of benzene rings is 1. The first-order valence-corrected chi connectivity index (χ1v) is 4.81. The van der Waals surface area contributed by atoms with E-state index in [1.54, 1.807) is 0 Å². The number of hydrogen-bond donors (Lipinski definition) is 1. The van der Waals surface area contributed by atoms with Gasteiger partial charge in [-0.25, -0.2) is 13.2 Å². The van der Waals surface area contributed by atoms with Crippen molar-refractivity contribution in [2.45, 2.75) is 26.3 Å². The molecule has 1 aromatic carbocycles. The van der Waals surface area contributed by atoms with E-state index in [0.29, 0.717) is 17.9 Å². The highest BCUT2D eigenvalue weighted by molar-refractivity contribution is 5.22. The summed E-state index contributed by atoms with van der Waals surface area (Å²) in [5.74, 6) is -3.51. The van der Waals surface area contributed by atoms with Crippen molar-refractivity contribution in [2.24, 2.45) is 11.7 Å². The summed E-state index contributed by atoms with van der Waals surface area (Å²) in [6.07, 6.45) is 0.602. The van der Waals surface area contributed by atoms with Crippen molar-refractivity contribution in [1.29, 1.82) is 0 Å². The van der Waals surface area contributed by atoms with Crippen molar-refractivity contribution in [3.05, 3.63) is 35.1 Å². The molecular formula is C11H14F3N. The van der Waals surface area contributed by atoms with E-state index in [1.165, 1.54) is 0 Å². The lowest BCUT2D eigenvalue weighted by Crippen LogP contribution is -2.14. The smallest absolute Gasteiger partial charge is 0.194 e. The van der Waals surface area contributed by atoms with Crippen LogP contribution >= 0.6 is 0 Å². The van der Waals surface area contributed by atoms with Gasteiger partial charge in [-0.05, 0) is 30.0 Å². The maximum Gasteiger partial charge on any atom is 0.194 e. The molecule has 0 aliphatic carbocycles. The summed E-state index contributed by atoms with van der Waals surface area (Å²) in [5, 5.41) is 0. The Morgan fingerprint density at radius 3 is 2.00 bits per heavy atom. The molecule has 1 aromatic rings. The zero-order chi connectivity index (χ0) is 11.6. The van der Waals surface area contributed by atoms with E-state index >= 15 is 0 Å².